The quantitative estimate of drug-likeness (QED) is 0.359. The summed E-state index contributed by atoms with van der Waals surface area (Å²) in [4.78, 5) is 44.6. The third-order valence-electron chi connectivity index (χ3n) is 2.34. The van der Waals surface area contributed by atoms with Gasteiger partial charge in [-0.3, -0.25) is 9.59 Å². The zero-order chi connectivity index (χ0) is 18.0. The molecule has 0 bridgehead atoms. The zero-order valence-corrected chi connectivity index (χ0v) is 13.1. The molecule has 1 N–H and O–H groups in total. The Morgan fingerprint density at radius 3 is 1.70 bits per heavy atom. The number of rotatable bonds is 10. The van der Waals surface area contributed by atoms with Crippen LogP contribution < -0.4 is 0 Å². The average molecular weight is 328 g/mol. The summed E-state index contributed by atoms with van der Waals surface area (Å²) in [6.07, 6.45) is -1.81. The van der Waals surface area contributed by atoms with E-state index in [-0.39, 0.29) is 30.8 Å². The maximum absolute atomic E-state index is 11.5. The molecule has 0 saturated heterocycles. The molecule has 0 aliphatic rings. The van der Waals surface area contributed by atoms with Gasteiger partial charge in [0.25, 0.3) is 0 Å². The monoisotopic (exact) mass is 328 g/mol. The van der Waals surface area contributed by atoms with Crippen LogP contribution in [0.1, 0.15) is 26.7 Å². The number of hydrogen-bond acceptors (Lipinski definition) is 7. The van der Waals surface area contributed by atoms with Gasteiger partial charge >= 0.3 is 23.9 Å². The van der Waals surface area contributed by atoms with Crippen molar-refractivity contribution in [2.45, 2.75) is 32.8 Å². The van der Waals surface area contributed by atoms with E-state index in [4.69, 9.17) is 19.3 Å². The van der Waals surface area contributed by atoms with E-state index in [1.807, 2.05) is 0 Å². The highest BCUT2D eigenvalue weighted by Gasteiger charge is 2.20. The fourth-order valence-corrected chi connectivity index (χ4v) is 1.15. The molecule has 23 heavy (non-hydrogen) atoms. The van der Waals surface area contributed by atoms with E-state index in [1.54, 1.807) is 0 Å². The fourth-order valence-electron chi connectivity index (χ4n) is 1.15. The first kappa shape index (κ1) is 20.4. The van der Waals surface area contributed by atoms with Gasteiger partial charge in [-0.15, -0.1) is 0 Å². The van der Waals surface area contributed by atoms with Gasteiger partial charge in [-0.05, 0) is 13.8 Å². The van der Waals surface area contributed by atoms with Crippen LogP contribution in [-0.2, 0) is 33.4 Å². The molecule has 0 aromatic rings. The molecule has 0 spiro atoms. The minimum absolute atomic E-state index is 0.153. The van der Waals surface area contributed by atoms with E-state index in [1.165, 1.54) is 13.8 Å². The first-order valence-corrected chi connectivity index (χ1v) is 6.70. The largest absolute Gasteiger partial charge is 0.481 e. The van der Waals surface area contributed by atoms with E-state index in [2.05, 4.69) is 13.2 Å². The number of carboxylic acid groups (broad SMARTS) is 1. The Labute approximate surface area is 133 Å². The summed E-state index contributed by atoms with van der Waals surface area (Å²) < 4.78 is 14.6. The van der Waals surface area contributed by atoms with Crippen molar-refractivity contribution < 1.29 is 38.5 Å². The van der Waals surface area contributed by atoms with Crippen molar-refractivity contribution in [3.8, 4) is 0 Å². The highest BCUT2D eigenvalue weighted by molar-refractivity contribution is 5.87. The first-order chi connectivity index (χ1) is 10.6. The summed E-state index contributed by atoms with van der Waals surface area (Å²) in [5, 5.41) is 8.51. The molecule has 0 heterocycles. The molecule has 0 amide bonds. The molecular formula is C15H20O8. The van der Waals surface area contributed by atoms with Gasteiger partial charge in [-0.25, -0.2) is 9.59 Å². The molecular weight excluding hydrogens is 308 g/mol. The lowest BCUT2D eigenvalue weighted by molar-refractivity contribution is -0.165. The second-order valence-corrected chi connectivity index (χ2v) is 4.76. The Hall–Kier alpha value is -2.64. The average Bonchev–Trinajstić information content (AvgIpc) is 2.46. The van der Waals surface area contributed by atoms with Gasteiger partial charge in [0, 0.05) is 11.1 Å². The minimum Gasteiger partial charge on any atom is -0.481 e. The predicted octanol–water partition coefficient (Wildman–Crippen LogP) is 1.00. The Balaban J connectivity index is 4.58. The summed E-state index contributed by atoms with van der Waals surface area (Å²) in [6, 6.07) is 0. The van der Waals surface area contributed by atoms with Crippen molar-refractivity contribution in [3.63, 3.8) is 0 Å². The van der Waals surface area contributed by atoms with Crippen molar-refractivity contribution in [2.24, 2.45) is 0 Å². The molecule has 128 valence electrons. The Kier molecular flexibility index (Phi) is 8.98. The number of aliphatic carboxylic acids is 1. The van der Waals surface area contributed by atoms with Gasteiger partial charge in [0.2, 0.25) is 0 Å². The van der Waals surface area contributed by atoms with Gasteiger partial charge in [-0.1, -0.05) is 13.2 Å². The van der Waals surface area contributed by atoms with Gasteiger partial charge in [0.15, 0.2) is 6.10 Å². The van der Waals surface area contributed by atoms with Gasteiger partial charge in [-0.2, -0.15) is 0 Å². The summed E-state index contributed by atoms with van der Waals surface area (Å²) in [6.45, 7) is 8.97. The van der Waals surface area contributed by atoms with Crippen molar-refractivity contribution in [1.82, 2.24) is 0 Å². The van der Waals surface area contributed by atoms with Crippen LogP contribution in [-0.4, -0.2) is 48.3 Å². The molecule has 0 aliphatic heterocycles. The molecule has 0 aromatic carbocycles. The number of ether oxygens (including phenoxy) is 3. The lowest BCUT2D eigenvalue weighted by Gasteiger charge is -2.18. The fraction of sp³-hybridized carbons (Fsp3) is 0.467. The molecule has 0 fully saturated rings. The van der Waals surface area contributed by atoms with E-state index < -0.39 is 36.4 Å². The zero-order valence-electron chi connectivity index (χ0n) is 13.1. The Morgan fingerprint density at radius 2 is 1.35 bits per heavy atom. The van der Waals surface area contributed by atoms with Crippen molar-refractivity contribution >= 4 is 23.9 Å². The van der Waals surface area contributed by atoms with Crippen molar-refractivity contribution in [1.29, 1.82) is 0 Å². The number of carbonyl (C=O) groups excluding carboxylic acids is 3. The molecule has 0 aromatic heterocycles. The number of carbonyl (C=O) groups is 4. The van der Waals surface area contributed by atoms with Crippen LogP contribution in [0, 0.1) is 0 Å². The highest BCUT2D eigenvalue weighted by Crippen LogP contribution is 2.04. The smallest absolute Gasteiger partial charge is 0.333 e. The third kappa shape index (κ3) is 9.83. The molecule has 0 aliphatic carbocycles. The van der Waals surface area contributed by atoms with Crippen molar-refractivity contribution in [3.05, 3.63) is 24.3 Å². The van der Waals surface area contributed by atoms with E-state index in [0.717, 1.165) is 0 Å². The van der Waals surface area contributed by atoms with Crippen LogP contribution in [0.3, 0.4) is 0 Å². The van der Waals surface area contributed by atoms with Gasteiger partial charge < -0.3 is 19.3 Å². The number of esters is 3. The normalized spacial score (nSPS) is 9.87. The van der Waals surface area contributed by atoms with Crippen LogP contribution in [0.2, 0.25) is 0 Å². The Morgan fingerprint density at radius 1 is 0.913 bits per heavy atom. The van der Waals surface area contributed by atoms with E-state index >= 15 is 0 Å². The lowest BCUT2D eigenvalue weighted by atomic mass is 10.3. The second kappa shape index (κ2) is 10.1. The molecule has 8 nitrogen and oxygen atoms in total. The van der Waals surface area contributed by atoms with Crippen LogP contribution in [0.25, 0.3) is 0 Å². The van der Waals surface area contributed by atoms with E-state index in [9.17, 15) is 19.2 Å². The molecule has 8 heteroatoms. The van der Waals surface area contributed by atoms with Crippen LogP contribution in [0.15, 0.2) is 24.3 Å². The summed E-state index contributed by atoms with van der Waals surface area (Å²) in [5.41, 5.74) is 0.305. The van der Waals surface area contributed by atoms with Crippen LogP contribution >= 0.6 is 0 Å². The summed E-state index contributed by atoms with van der Waals surface area (Å²) in [5.74, 6) is -3.35. The second-order valence-electron chi connectivity index (χ2n) is 4.76. The van der Waals surface area contributed by atoms with Gasteiger partial charge in [0.1, 0.15) is 13.2 Å². The first-order valence-electron chi connectivity index (χ1n) is 6.70. The topological polar surface area (TPSA) is 116 Å². The van der Waals surface area contributed by atoms with Gasteiger partial charge in [0.05, 0.1) is 12.8 Å². The molecule has 0 atom stereocenters. The summed E-state index contributed by atoms with van der Waals surface area (Å²) in [7, 11) is 0. The maximum Gasteiger partial charge on any atom is 0.333 e. The maximum atomic E-state index is 11.5. The lowest BCUT2D eigenvalue weighted by Crippen LogP contribution is -2.31. The SMILES string of the molecule is C=C(C)C(=O)OCC(COC(=O)C(=C)C)OC(=O)CCC(=O)O. The molecule has 0 radical (unpaired) electrons. The minimum atomic E-state index is -1.15. The van der Waals surface area contributed by atoms with Crippen molar-refractivity contribution in [2.75, 3.05) is 13.2 Å². The standard InChI is InChI=1S/C15H20O8/c1-9(2)14(19)21-7-11(8-22-15(20)10(3)4)23-13(18)6-5-12(16)17/h11H,1,3,5-8H2,2,4H3,(H,16,17). The van der Waals surface area contributed by atoms with Crippen LogP contribution in [0.5, 0.6) is 0 Å². The number of hydrogen-bond donors (Lipinski definition) is 1. The predicted molar refractivity (Wildman–Crippen MR) is 78.3 cm³/mol. The number of carboxylic acids is 1. The molecule has 0 rings (SSSR count). The highest BCUT2D eigenvalue weighted by atomic mass is 16.6. The van der Waals surface area contributed by atoms with Crippen LogP contribution in [0.4, 0.5) is 0 Å². The Bertz CT molecular complexity index is 476. The molecule has 0 unspecified atom stereocenters. The summed E-state index contributed by atoms with van der Waals surface area (Å²) >= 11 is 0. The third-order valence-corrected chi connectivity index (χ3v) is 2.34. The van der Waals surface area contributed by atoms with E-state index in [0.29, 0.717) is 0 Å². The molecule has 0 saturated carbocycles.